The minimum Gasteiger partial charge on any atom is -0.293 e. The highest BCUT2D eigenvalue weighted by Gasteiger charge is 2.34. The molecule has 1 unspecified atom stereocenters. The second kappa shape index (κ2) is 3.13. The average molecular weight is 206 g/mol. The van der Waals surface area contributed by atoms with Crippen LogP contribution in [0.4, 0.5) is 0 Å². The Morgan fingerprint density at radius 2 is 2.14 bits per heavy atom. The molecule has 14 heavy (non-hydrogen) atoms. The number of benzene rings is 1. The van der Waals surface area contributed by atoms with Gasteiger partial charge in [-0.25, -0.2) is 0 Å². The fourth-order valence-corrected chi connectivity index (χ4v) is 2.16. The predicted molar refractivity (Wildman–Crippen MR) is 61.2 cm³/mol. The number of rotatable bonds is 0. The normalized spacial score (nSPS) is 26.1. The molecule has 0 heterocycles. The first-order valence-electron chi connectivity index (χ1n) is 4.87. The second-order valence-corrected chi connectivity index (χ2v) is 5.25. The van der Waals surface area contributed by atoms with Gasteiger partial charge >= 0.3 is 0 Å². The van der Waals surface area contributed by atoms with Crippen molar-refractivity contribution in [1.82, 2.24) is 0 Å². The highest BCUT2D eigenvalue weighted by atomic mass is 32.1. The van der Waals surface area contributed by atoms with Crippen LogP contribution in [0.2, 0.25) is 0 Å². The Hall–Kier alpha value is -0.760. The fraction of sp³-hybridized carbons (Fsp3) is 0.417. The molecule has 2 rings (SSSR count). The molecule has 0 spiro atoms. The number of thiol groups is 1. The Labute approximate surface area is 89.9 Å². The van der Waals surface area contributed by atoms with Gasteiger partial charge in [0, 0.05) is 5.56 Å². The van der Waals surface area contributed by atoms with Crippen LogP contribution in [0.1, 0.15) is 34.8 Å². The Balaban J connectivity index is 2.52. The number of hydrogen-bond acceptors (Lipinski definition) is 2. The highest BCUT2D eigenvalue weighted by Crippen LogP contribution is 2.33. The number of hydrogen-bond donors (Lipinski definition) is 1. The van der Waals surface area contributed by atoms with Crippen molar-refractivity contribution in [3.8, 4) is 0 Å². The van der Waals surface area contributed by atoms with E-state index in [0.29, 0.717) is 0 Å². The molecule has 0 bridgehead atoms. The van der Waals surface area contributed by atoms with Gasteiger partial charge in [0.25, 0.3) is 0 Å². The smallest absolute Gasteiger partial charge is 0.178 e. The molecule has 0 aromatic heterocycles. The van der Waals surface area contributed by atoms with Crippen LogP contribution in [0.15, 0.2) is 18.2 Å². The molecule has 0 saturated carbocycles. The lowest BCUT2D eigenvalue weighted by Crippen LogP contribution is -2.34. The number of aryl methyl sites for hydroxylation is 2. The van der Waals surface area contributed by atoms with Crippen molar-refractivity contribution in [2.45, 2.75) is 31.4 Å². The van der Waals surface area contributed by atoms with Gasteiger partial charge in [-0.15, -0.1) is 0 Å². The molecule has 0 aliphatic heterocycles. The van der Waals surface area contributed by atoms with Crippen molar-refractivity contribution in [2.24, 2.45) is 0 Å². The lowest BCUT2D eigenvalue weighted by Gasteiger charge is -2.28. The van der Waals surface area contributed by atoms with E-state index >= 15 is 0 Å². The molecule has 1 aliphatic rings. The maximum absolute atomic E-state index is 12.0. The topological polar surface area (TPSA) is 17.1 Å². The summed E-state index contributed by atoms with van der Waals surface area (Å²) in [5.74, 6) is 0.169. The molecule has 1 nitrogen and oxygen atoms in total. The van der Waals surface area contributed by atoms with E-state index in [9.17, 15) is 4.79 Å². The molecule has 1 aromatic rings. The van der Waals surface area contributed by atoms with E-state index < -0.39 is 4.75 Å². The first-order valence-corrected chi connectivity index (χ1v) is 5.32. The van der Waals surface area contributed by atoms with Gasteiger partial charge in [0.1, 0.15) is 0 Å². The first kappa shape index (κ1) is 9.78. The molecule has 0 fully saturated rings. The van der Waals surface area contributed by atoms with Crippen LogP contribution in [0, 0.1) is 6.92 Å². The number of carbonyl (C=O) groups excluding carboxylic acids is 1. The molecule has 0 radical (unpaired) electrons. The highest BCUT2D eigenvalue weighted by molar-refractivity contribution is 7.82. The van der Waals surface area contributed by atoms with Crippen LogP contribution >= 0.6 is 12.6 Å². The third-order valence-electron chi connectivity index (χ3n) is 2.88. The summed E-state index contributed by atoms with van der Waals surface area (Å²) in [4.78, 5) is 12.0. The van der Waals surface area contributed by atoms with Crippen LogP contribution < -0.4 is 0 Å². The van der Waals surface area contributed by atoms with E-state index in [0.717, 1.165) is 18.4 Å². The largest absolute Gasteiger partial charge is 0.293 e. The third kappa shape index (κ3) is 1.48. The zero-order chi connectivity index (χ0) is 10.3. The Bertz CT molecular complexity index is 393. The summed E-state index contributed by atoms with van der Waals surface area (Å²) in [6, 6.07) is 6.03. The molecule has 0 N–H and O–H groups in total. The van der Waals surface area contributed by atoms with E-state index in [4.69, 9.17) is 0 Å². The van der Waals surface area contributed by atoms with Crippen molar-refractivity contribution < 1.29 is 4.79 Å². The van der Waals surface area contributed by atoms with Crippen molar-refractivity contribution in [2.75, 3.05) is 0 Å². The van der Waals surface area contributed by atoms with Crippen LogP contribution in [-0.4, -0.2) is 10.5 Å². The average Bonchev–Trinajstić information content (AvgIpc) is 2.12. The fourth-order valence-electron chi connectivity index (χ4n) is 1.93. The lowest BCUT2D eigenvalue weighted by molar-refractivity contribution is 0.0937. The van der Waals surface area contributed by atoms with Crippen molar-refractivity contribution in [3.63, 3.8) is 0 Å². The SMILES string of the molecule is Cc1ccc2c(c1)CCC(C)(S)C2=O. The third-order valence-corrected chi connectivity index (χ3v) is 3.30. The van der Waals surface area contributed by atoms with Gasteiger partial charge in [-0.2, -0.15) is 12.6 Å². The van der Waals surface area contributed by atoms with Crippen LogP contribution in [0.25, 0.3) is 0 Å². The van der Waals surface area contributed by atoms with Gasteiger partial charge in [-0.3, -0.25) is 4.79 Å². The van der Waals surface area contributed by atoms with E-state index in [1.165, 1.54) is 11.1 Å². The van der Waals surface area contributed by atoms with Gasteiger partial charge in [-0.05, 0) is 32.3 Å². The van der Waals surface area contributed by atoms with Crippen molar-refractivity contribution in [1.29, 1.82) is 0 Å². The summed E-state index contributed by atoms with van der Waals surface area (Å²) in [5.41, 5.74) is 3.26. The lowest BCUT2D eigenvalue weighted by atomic mass is 9.82. The number of fused-ring (bicyclic) bond motifs is 1. The predicted octanol–water partition coefficient (Wildman–Crippen LogP) is 2.81. The Morgan fingerprint density at radius 1 is 1.43 bits per heavy atom. The minimum atomic E-state index is -0.470. The Kier molecular flexibility index (Phi) is 2.18. The van der Waals surface area contributed by atoms with Gasteiger partial charge in [0.2, 0.25) is 0 Å². The maximum atomic E-state index is 12.0. The summed E-state index contributed by atoms with van der Waals surface area (Å²) in [6.07, 6.45) is 1.80. The molecule has 2 heteroatoms. The minimum absolute atomic E-state index is 0.169. The van der Waals surface area contributed by atoms with Crippen molar-refractivity contribution >= 4 is 18.4 Å². The summed E-state index contributed by atoms with van der Waals surface area (Å²) < 4.78 is -0.470. The second-order valence-electron chi connectivity index (χ2n) is 4.26. The monoisotopic (exact) mass is 206 g/mol. The molecule has 0 saturated heterocycles. The molecule has 0 amide bonds. The molecule has 1 aromatic carbocycles. The first-order chi connectivity index (χ1) is 6.50. The number of carbonyl (C=O) groups is 1. The van der Waals surface area contributed by atoms with E-state index in [1.807, 2.05) is 19.1 Å². The van der Waals surface area contributed by atoms with Crippen LogP contribution in [0.5, 0.6) is 0 Å². The molecule has 1 aliphatic carbocycles. The summed E-state index contributed by atoms with van der Waals surface area (Å²) >= 11 is 4.41. The molecule has 74 valence electrons. The molecule has 1 atom stereocenters. The zero-order valence-electron chi connectivity index (χ0n) is 8.50. The van der Waals surface area contributed by atoms with Crippen LogP contribution in [0.3, 0.4) is 0 Å². The zero-order valence-corrected chi connectivity index (χ0v) is 9.40. The van der Waals surface area contributed by atoms with Gasteiger partial charge < -0.3 is 0 Å². The summed E-state index contributed by atoms with van der Waals surface area (Å²) in [5, 5.41) is 0. The Morgan fingerprint density at radius 3 is 2.86 bits per heavy atom. The van der Waals surface area contributed by atoms with Gasteiger partial charge in [0.05, 0.1) is 4.75 Å². The molecular weight excluding hydrogens is 192 g/mol. The van der Waals surface area contributed by atoms with E-state index in [-0.39, 0.29) is 5.78 Å². The summed E-state index contributed by atoms with van der Waals surface area (Å²) in [7, 11) is 0. The standard InChI is InChI=1S/C12H14OS/c1-8-3-4-10-9(7-8)5-6-12(2,14)11(10)13/h3-4,7,14H,5-6H2,1-2H3. The van der Waals surface area contributed by atoms with Crippen LogP contribution in [-0.2, 0) is 6.42 Å². The number of Topliss-reactive ketones (excluding diaryl/α,β-unsaturated/α-hetero) is 1. The summed E-state index contributed by atoms with van der Waals surface area (Å²) in [6.45, 7) is 3.96. The molecular formula is C12H14OS. The van der Waals surface area contributed by atoms with E-state index in [1.54, 1.807) is 0 Å². The quantitative estimate of drug-likeness (QED) is 0.646. The van der Waals surface area contributed by atoms with Gasteiger partial charge in [0.15, 0.2) is 5.78 Å². The maximum Gasteiger partial charge on any atom is 0.178 e. The number of ketones is 1. The van der Waals surface area contributed by atoms with Gasteiger partial charge in [-0.1, -0.05) is 23.8 Å². The van der Waals surface area contributed by atoms with E-state index in [2.05, 4.69) is 25.6 Å². The van der Waals surface area contributed by atoms with Crippen molar-refractivity contribution in [3.05, 3.63) is 34.9 Å².